The summed E-state index contributed by atoms with van der Waals surface area (Å²) in [4.78, 5) is 0. The van der Waals surface area contributed by atoms with Crippen molar-refractivity contribution in [2.24, 2.45) is 17.8 Å². The molecule has 1 unspecified atom stereocenters. The number of benzene rings is 3. The van der Waals surface area contributed by atoms with Crippen LogP contribution in [0.3, 0.4) is 0 Å². The standard InChI is InChI=1S/C43H53F3O/c1-3-5-7-8-9-10-11-29-47-41-28-27-39(42(45)43(41)46)36-23-21-35(22-24-36)38-26-25-37(30-40(38)44)34-19-17-33(18-20-34)32-15-13-31(14-16-32)12-6-4-2/h4,19,21-28,30-33H,2-3,5-18,20,29H2,1H3. The number of hydrogen-bond donors (Lipinski definition) is 0. The second-order valence-electron chi connectivity index (χ2n) is 13.9. The second kappa shape index (κ2) is 17.8. The van der Waals surface area contributed by atoms with Crippen LogP contribution in [-0.4, -0.2) is 6.61 Å². The molecule has 3 aromatic carbocycles. The van der Waals surface area contributed by atoms with Gasteiger partial charge < -0.3 is 4.74 Å². The third-order valence-corrected chi connectivity index (χ3v) is 10.7. The van der Waals surface area contributed by atoms with Crippen molar-refractivity contribution >= 4 is 5.57 Å². The van der Waals surface area contributed by atoms with Gasteiger partial charge in [-0.3, -0.25) is 0 Å². The van der Waals surface area contributed by atoms with Gasteiger partial charge in [0.2, 0.25) is 5.82 Å². The third kappa shape index (κ3) is 9.42. The lowest BCUT2D eigenvalue weighted by Crippen LogP contribution is -2.23. The Bertz CT molecular complexity index is 1470. The van der Waals surface area contributed by atoms with Crippen molar-refractivity contribution in [2.75, 3.05) is 6.61 Å². The van der Waals surface area contributed by atoms with Crippen molar-refractivity contribution in [3.63, 3.8) is 0 Å². The summed E-state index contributed by atoms with van der Waals surface area (Å²) in [7, 11) is 0. The molecule has 0 aliphatic heterocycles. The number of rotatable bonds is 16. The maximum atomic E-state index is 15.4. The summed E-state index contributed by atoms with van der Waals surface area (Å²) in [5.41, 5.74) is 4.11. The first-order valence-corrected chi connectivity index (χ1v) is 18.3. The SMILES string of the molecule is C=CCCC1CCC(C2CC=C(c3ccc(-c4ccc(-c5ccc(OCCCCCCCCC)c(F)c5F)cc4)c(F)c3)CC2)CC1. The highest BCUT2D eigenvalue weighted by Gasteiger charge is 2.28. The third-order valence-electron chi connectivity index (χ3n) is 10.7. The van der Waals surface area contributed by atoms with Crippen molar-refractivity contribution in [2.45, 2.75) is 110 Å². The molecule has 2 aliphatic carbocycles. The molecule has 0 spiro atoms. The molecule has 0 heterocycles. The van der Waals surface area contributed by atoms with Crippen LogP contribution < -0.4 is 4.74 Å². The van der Waals surface area contributed by atoms with E-state index in [-0.39, 0.29) is 17.1 Å². The zero-order valence-corrected chi connectivity index (χ0v) is 28.4. The predicted molar refractivity (Wildman–Crippen MR) is 191 cm³/mol. The highest BCUT2D eigenvalue weighted by Crippen LogP contribution is 2.42. The lowest BCUT2D eigenvalue weighted by atomic mass is 9.70. The van der Waals surface area contributed by atoms with Crippen LogP contribution in [0.15, 0.2) is 73.3 Å². The Morgan fingerprint density at radius 2 is 1.38 bits per heavy atom. The number of ether oxygens (including phenoxy) is 1. The molecule has 0 amide bonds. The number of allylic oxidation sites excluding steroid dienone is 3. The van der Waals surface area contributed by atoms with Gasteiger partial charge in [0.05, 0.1) is 6.61 Å². The molecule has 2 aliphatic rings. The van der Waals surface area contributed by atoms with Crippen LogP contribution in [0.5, 0.6) is 5.75 Å². The Morgan fingerprint density at radius 3 is 2.04 bits per heavy atom. The molecule has 3 aromatic rings. The minimum atomic E-state index is -0.967. The summed E-state index contributed by atoms with van der Waals surface area (Å²) in [6.45, 7) is 6.44. The zero-order valence-electron chi connectivity index (χ0n) is 28.4. The summed E-state index contributed by atoms with van der Waals surface area (Å²) < 4.78 is 50.9. The van der Waals surface area contributed by atoms with Crippen LogP contribution in [0.1, 0.15) is 115 Å². The van der Waals surface area contributed by atoms with Gasteiger partial charge in [0.1, 0.15) is 5.82 Å². The summed E-state index contributed by atoms with van der Waals surface area (Å²) in [6, 6.07) is 15.5. The van der Waals surface area contributed by atoms with Gasteiger partial charge in [0.25, 0.3) is 0 Å². The van der Waals surface area contributed by atoms with Crippen molar-refractivity contribution in [1.29, 1.82) is 0 Å². The molecule has 4 heteroatoms. The van der Waals surface area contributed by atoms with Crippen LogP contribution in [-0.2, 0) is 0 Å². The van der Waals surface area contributed by atoms with Gasteiger partial charge in [-0.15, -0.1) is 6.58 Å². The van der Waals surface area contributed by atoms with Crippen molar-refractivity contribution in [3.8, 4) is 28.0 Å². The predicted octanol–water partition coefficient (Wildman–Crippen LogP) is 13.5. The molecule has 1 saturated carbocycles. The molecule has 0 saturated heterocycles. The highest BCUT2D eigenvalue weighted by atomic mass is 19.2. The molecular weight excluding hydrogens is 589 g/mol. The molecule has 5 rings (SSSR count). The quantitative estimate of drug-likeness (QED) is 0.112. The van der Waals surface area contributed by atoms with Crippen LogP contribution in [0.25, 0.3) is 27.8 Å². The molecule has 1 nitrogen and oxygen atoms in total. The van der Waals surface area contributed by atoms with Gasteiger partial charge in [-0.05, 0) is 110 Å². The fourth-order valence-electron chi connectivity index (χ4n) is 7.73. The first-order chi connectivity index (χ1) is 23.0. The largest absolute Gasteiger partial charge is 0.490 e. The molecule has 0 bridgehead atoms. The van der Waals surface area contributed by atoms with E-state index in [0.717, 1.165) is 61.8 Å². The average Bonchev–Trinajstić information content (AvgIpc) is 3.11. The molecule has 1 atom stereocenters. The Labute approximate surface area is 281 Å². The smallest absolute Gasteiger partial charge is 0.201 e. The first-order valence-electron chi connectivity index (χ1n) is 18.3. The molecule has 47 heavy (non-hydrogen) atoms. The average molecular weight is 643 g/mol. The maximum Gasteiger partial charge on any atom is 0.201 e. The normalized spacial score (nSPS) is 19.7. The second-order valence-corrected chi connectivity index (χ2v) is 13.9. The van der Waals surface area contributed by atoms with Crippen LogP contribution in [0, 0.1) is 35.2 Å². The fourth-order valence-corrected chi connectivity index (χ4v) is 7.73. The Balaban J connectivity index is 1.15. The van der Waals surface area contributed by atoms with E-state index in [1.165, 1.54) is 75.8 Å². The molecule has 252 valence electrons. The van der Waals surface area contributed by atoms with Gasteiger partial charge >= 0.3 is 0 Å². The van der Waals surface area contributed by atoms with E-state index in [1.54, 1.807) is 36.4 Å². The Morgan fingerprint density at radius 1 is 0.723 bits per heavy atom. The van der Waals surface area contributed by atoms with Crippen molar-refractivity contribution in [1.82, 2.24) is 0 Å². The van der Waals surface area contributed by atoms with E-state index in [0.29, 0.717) is 23.3 Å². The maximum absolute atomic E-state index is 15.4. The fraction of sp³-hybridized carbons (Fsp3) is 0.488. The molecular formula is C43H53F3O. The number of hydrogen-bond acceptors (Lipinski definition) is 1. The molecule has 0 radical (unpaired) electrons. The minimum Gasteiger partial charge on any atom is -0.490 e. The zero-order chi connectivity index (χ0) is 33.0. The van der Waals surface area contributed by atoms with Gasteiger partial charge in [-0.1, -0.05) is 107 Å². The highest BCUT2D eigenvalue weighted by molar-refractivity contribution is 5.74. The van der Waals surface area contributed by atoms with Gasteiger partial charge in [-0.2, -0.15) is 4.39 Å². The van der Waals surface area contributed by atoms with Gasteiger partial charge in [0, 0.05) is 11.1 Å². The summed E-state index contributed by atoms with van der Waals surface area (Å²) in [5, 5.41) is 0. The van der Waals surface area contributed by atoms with Crippen molar-refractivity contribution in [3.05, 3.63) is 96.3 Å². The summed E-state index contributed by atoms with van der Waals surface area (Å²) in [6.07, 6.45) is 23.4. The molecule has 0 aromatic heterocycles. The Hall–Kier alpha value is -3.27. The lowest BCUT2D eigenvalue weighted by molar-refractivity contribution is 0.190. The number of unbranched alkanes of at least 4 members (excludes halogenated alkanes) is 6. The van der Waals surface area contributed by atoms with Gasteiger partial charge in [0.15, 0.2) is 11.6 Å². The number of halogens is 3. The van der Waals surface area contributed by atoms with Crippen molar-refractivity contribution < 1.29 is 17.9 Å². The van der Waals surface area contributed by atoms with E-state index in [2.05, 4.69) is 19.6 Å². The van der Waals surface area contributed by atoms with E-state index in [9.17, 15) is 4.39 Å². The van der Waals surface area contributed by atoms with E-state index in [1.807, 2.05) is 18.2 Å². The summed E-state index contributed by atoms with van der Waals surface area (Å²) in [5.74, 6) is 0.231. The molecule has 0 N–H and O–H groups in total. The van der Waals surface area contributed by atoms with Crippen LogP contribution >= 0.6 is 0 Å². The topological polar surface area (TPSA) is 9.23 Å². The van der Waals surface area contributed by atoms with E-state index in [4.69, 9.17) is 4.74 Å². The summed E-state index contributed by atoms with van der Waals surface area (Å²) >= 11 is 0. The minimum absolute atomic E-state index is 0.0540. The Kier molecular flexibility index (Phi) is 13.2. The lowest BCUT2D eigenvalue weighted by Gasteiger charge is -2.35. The molecule has 1 fully saturated rings. The first kappa shape index (κ1) is 35.0. The van der Waals surface area contributed by atoms with E-state index < -0.39 is 11.6 Å². The monoisotopic (exact) mass is 642 g/mol. The van der Waals surface area contributed by atoms with Gasteiger partial charge in [-0.25, -0.2) is 8.78 Å². The van der Waals surface area contributed by atoms with Crippen LogP contribution in [0.2, 0.25) is 0 Å². The van der Waals surface area contributed by atoms with E-state index >= 15 is 8.78 Å². The van der Waals surface area contributed by atoms with Crippen LogP contribution in [0.4, 0.5) is 13.2 Å².